The molecule has 0 unspecified atom stereocenters. The molecule has 0 aliphatic carbocycles. The lowest BCUT2D eigenvalue weighted by atomic mass is 10.0. The number of carbonyl (C=O) groups excluding carboxylic acids is 1. The van der Waals surface area contributed by atoms with Crippen LogP contribution in [-0.2, 0) is 4.74 Å². The van der Waals surface area contributed by atoms with E-state index >= 15 is 0 Å². The van der Waals surface area contributed by atoms with Gasteiger partial charge in [0.15, 0.2) is 0 Å². The average molecular weight is 332 g/mol. The van der Waals surface area contributed by atoms with Crippen molar-refractivity contribution in [2.45, 2.75) is 0 Å². The number of hydrogen-bond donors (Lipinski definition) is 0. The van der Waals surface area contributed by atoms with Crippen LogP contribution in [0, 0.1) is 0 Å². The van der Waals surface area contributed by atoms with Crippen molar-refractivity contribution in [3.05, 3.63) is 64.1 Å². The first-order valence-corrected chi connectivity index (χ1v) is 7.29. The van der Waals surface area contributed by atoms with Gasteiger partial charge in [-0.2, -0.15) is 0 Å². The van der Waals surface area contributed by atoms with Gasteiger partial charge in [0.05, 0.1) is 28.9 Å². The summed E-state index contributed by atoms with van der Waals surface area (Å²) in [5, 5.41) is 1.41. The van der Waals surface area contributed by atoms with Crippen LogP contribution in [0.2, 0.25) is 10.0 Å². The van der Waals surface area contributed by atoms with Gasteiger partial charge in [0.1, 0.15) is 0 Å². The largest absolute Gasteiger partial charge is 0.465 e. The van der Waals surface area contributed by atoms with Gasteiger partial charge in [-0.1, -0.05) is 53.5 Å². The van der Waals surface area contributed by atoms with E-state index in [0.717, 1.165) is 5.56 Å². The predicted molar refractivity (Wildman–Crippen MR) is 88.5 cm³/mol. The Hall–Kier alpha value is -2.10. The van der Waals surface area contributed by atoms with Crippen molar-refractivity contribution >= 4 is 40.1 Å². The second-order valence-electron chi connectivity index (χ2n) is 4.70. The number of halogens is 2. The fourth-order valence-corrected chi connectivity index (χ4v) is 2.82. The fraction of sp³-hybridized carbons (Fsp3) is 0.0588. The Kier molecular flexibility index (Phi) is 4.01. The lowest BCUT2D eigenvalue weighted by Crippen LogP contribution is -2.04. The van der Waals surface area contributed by atoms with Crippen LogP contribution < -0.4 is 0 Å². The lowest BCUT2D eigenvalue weighted by Gasteiger charge is -2.10. The second kappa shape index (κ2) is 5.95. The molecule has 0 spiro atoms. The summed E-state index contributed by atoms with van der Waals surface area (Å²) in [6.45, 7) is 0. The summed E-state index contributed by atoms with van der Waals surface area (Å²) in [7, 11) is 1.34. The lowest BCUT2D eigenvalue weighted by molar-refractivity contribution is 0.0603. The fourth-order valence-electron chi connectivity index (χ4n) is 2.29. The van der Waals surface area contributed by atoms with Crippen molar-refractivity contribution in [2.24, 2.45) is 0 Å². The van der Waals surface area contributed by atoms with Gasteiger partial charge >= 0.3 is 5.97 Å². The Labute approximate surface area is 137 Å². The van der Waals surface area contributed by atoms with E-state index in [2.05, 4.69) is 4.98 Å². The molecule has 0 saturated carbocycles. The van der Waals surface area contributed by atoms with Crippen LogP contribution in [0.3, 0.4) is 0 Å². The minimum atomic E-state index is -0.456. The van der Waals surface area contributed by atoms with E-state index in [9.17, 15) is 4.79 Å². The van der Waals surface area contributed by atoms with E-state index in [-0.39, 0.29) is 0 Å². The Morgan fingerprint density at radius 1 is 1.09 bits per heavy atom. The molecule has 22 heavy (non-hydrogen) atoms. The molecule has 0 saturated heterocycles. The average Bonchev–Trinajstić information content (AvgIpc) is 2.54. The molecule has 3 aromatic rings. The molecular weight excluding hydrogens is 321 g/mol. The van der Waals surface area contributed by atoms with E-state index in [4.69, 9.17) is 27.9 Å². The molecule has 0 radical (unpaired) electrons. The standard InChI is InChI=1S/C17H11Cl2NO2/c1-22-17(21)13-9-15(10-5-3-2-4-6-10)20-16-12(13)7-11(18)8-14(16)19/h2-9H,1H3. The summed E-state index contributed by atoms with van der Waals surface area (Å²) >= 11 is 12.3. The van der Waals surface area contributed by atoms with Gasteiger partial charge in [-0.15, -0.1) is 0 Å². The monoisotopic (exact) mass is 331 g/mol. The summed E-state index contributed by atoms with van der Waals surface area (Å²) in [6, 6.07) is 14.5. The highest BCUT2D eigenvalue weighted by Crippen LogP contribution is 2.32. The Bertz CT molecular complexity index is 863. The van der Waals surface area contributed by atoms with E-state index in [1.165, 1.54) is 7.11 Å². The SMILES string of the molecule is COC(=O)c1cc(-c2ccccc2)nc2c(Cl)cc(Cl)cc12. The molecule has 110 valence electrons. The zero-order valence-corrected chi connectivity index (χ0v) is 13.2. The maximum atomic E-state index is 12.1. The number of esters is 1. The first-order valence-electron chi connectivity index (χ1n) is 6.53. The summed E-state index contributed by atoms with van der Waals surface area (Å²) in [6.07, 6.45) is 0. The molecule has 0 aliphatic rings. The third-order valence-electron chi connectivity index (χ3n) is 3.31. The number of carbonyl (C=O) groups is 1. The van der Waals surface area contributed by atoms with Crippen molar-refractivity contribution in [3.63, 3.8) is 0 Å². The Morgan fingerprint density at radius 2 is 1.82 bits per heavy atom. The van der Waals surface area contributed by atoms with Gasteiger partial charge < -0.3 is 4.74 Å². The maximum absolute atomic E-state index is 12.1. The van der Waals surface area contributed by atoms with Crippen molar-refractivity contribution in [1.29, 1.82) is 0 Å². The van der Waals surface area contributed by atoms with Crippen LogP contribution in [0.15, 0.2) is 48.5 Å². The number of fused-ring (bicyclic) bond motifs is 1. The number of hydrogen-bond acceptors (Lipinski definition) is 3. The number of benzene rings is 2. The van der Waals surface area contributed by atoms with Crippen LogP contribution in [0.25, 0.3) is 22.2 Å². The molecule has 1 heterocycles. The Balaban J connectivity index is 2.36. The molecule has 0 aliphatic heterocycles. The number of aromatic nitrogens is 1. The van der Waals surface area contributed by atoms with Crippen LogP contribution in [0.5, 0.6) is 0 Å². The highest BCUT2D eigenvalue weighted by Gasteiger charge is 2.16. The third-order valence-corrected chi connectivity index (χ3v) is 3.81. The van der Waals surface area contributed by atoms with Gasteiger partial charge in [0, 0.05) is 16.0 Å². The number of nitrogens with zero attached hydrogens (tertiary/aromatic N) is 1. The molecule has 5 heteroatoms. The van der Waals surface area contributed by atoms with Crippen LogP contribution in [-0.4, -0.2) is 18.1 Å². The first-order chi connectivity index (χ1) is 10.6. The third kappa shape index (κ3) is 2.65. The summed E-state index contributed by atoms with van der Waals surface area (Å²) < 4.78 is 4.86. The maximum Gasteiger partial charge on any atom is 0.338 e. The highest BCUT2D eigenvalue weighted by atomic mass is 35.5. The van der Waals surface area contributed by atoms with Gasteiger partial charge in [-0.25, -0.2) is 9.78 Å². The number of rotatable bonds is 2. The number of methoxy groups -OCH3 is 1. The second-order valence-corrected chi connectivity index (χ2v) is 5.54. The number of ether oxygens (including phenoxy) is 1. The predicted octanol–water partition coefficient (Wildman–Crippen LogP) is 5.00. The molecule has 0 atom stereocenters. The highest BCUT2D eigenvalue weighted by molar-refractivity contribution is 6.38. The van der Waals surface area contributed by atoms with E-state index in [1.807, 2.05) is 30.3 Å². The zero-order valence-electron chi connectivity index (χ0n) is 11.6. The molecular formula is C17H11Cl2NO2. The summed E-state index contributed by atoms with van der Waals surface area (Å²) in [5.41, 5.74) is 2.45. The van der Waals surface area contributed by atoms with Gasteiger partial charge in [0.2, 0.25) is 0 Å². The van der Waals surface area contributed by atoms with Gasteiger partial charge in [-0.3, -0.25) is 0 Å². The molecule has 2 aromatic carbocycles. The minimum absolute atomic E-state index is 0.385. The topological polar surface area (TPSA) is 39.2 Å². The zero-order chi connectivity index (χ0) is 15.7. The van der Waals surface area contributed by atoms with E-state index in [0.29, 0.717) is 32.2 Å². The molecule has 0 amide bonds. The van der Waals surface area contributed by atoms with Gasteiger partial charge in [-0.05, 0) is 18.2 Å². The smallest absolute Gasteiger partial charge is 0.338 e. The first kappa shape index (κ1) is 14.8. The van der Waals surface area contributed by atoms with Crippen LogP contribution in [0.4, 0.5) is 0 Å². The summed E-state index contributed by atoms with van der Waals surface area (Å²) in [4.78, 5) is 16.7. The molecule has 0 N–H and O–H groups in total. The molecule has 3 rings (SSSR count). The van der Waals surface area contributed by atoms with Crippen molar-refractivity contribution in [2.75, 3.05) is 7.11 Å². The van der Waals surface area contributed by atoms with Crippen LogP contribution >= 0.6 is 23.2 Å². The van der Waals surface area contributed by atoms with Crippen molar-refractivity contribution in [1.82, 2.24) is 4.98 Å². The van der Waals surface area contributed by atoms with Gasteiger partial charge in [0.25, 0.3) is 0 Å². The number of pyridine rings is 1. The molecule has 0 fully saturated rings. The molecule has 1 aromatic heterocycles. The van der Waals surface area contributed by atoms with Crippen molar-refractivity contribution in [3.8, 4) is 11.3 Å². The Morgan fingerprint density at radius 3 is 2.50 bits per heavy atom. The quantitative estimate of drug-likeness (QED) is 0.620. The van der Waals surface area contributed by atoms with Crippen LogP contribution in [0.1, 0.15) is 10.4 Å². The molecule has 0 bridgehead atoms. The normalized spacial score (nSPS) is 10.7. The van der Waals surface area contributed by atoms with E-state index < -0.39 is 5.97 Å². The summed E-state index contributed by atoms with van der Waals surface area (Å²) in [5.74, 6) is -0.456. The van der Waals surface area contributed by atoms with Crippen molar-refractivity contribution < 1.29 is 9.53 Å². The molecule has 3 nitrogen and oxygen atoms in total. The van der Waals surface area contributed by atoms with E-state index in [1.54, 1.807) is 18.2 Å². The minimum Gasteiger partial charge on any atom is -0.465 e.